The third-order valence-corrected chi connectivity index (χ3v) is 6.41. The molecule has 0 saturated carbocycles. The van der Waals surface area contributed by atoms with Crippen molar-refractivity contribution in [1.82, 2.24) is 4.72 Å². The number of sulfonamides is 1. The normalized spacial score (nSPS) is 16.7. The lowest BCUT2D eigenvalue weighted by atomic mass is 10.1. The molecule has 1 heterocycles. The maximum absolute atomic E-state index is 13.2. The molecule has 0 fully saturated rings. The third kappa shape index (κ3) is 4.96. The fourth-order valence-corrected chi connectivity index (χ4v) is 4.57. The zero-order chi connectivity index (χ0) is 24.3. The first-order chi connectivity index (χ1) is 16.2. The molecule has 0 bridgehead atoms. The van der Waals surface area contributed by atoms with Crippen molar-refractivity contribution < 1.29 is 27.1 Å². The van der Waals surface area contributed by atoms with Crippen LogP contribution in [0.1, 0.15) is 24.2 Å². The summed E-state index contributed by atoms with van der Waals surface area (Å²) in [4.78, 5) is 30.0. The Morgan fingerprint density at radius 3 is 2.32 bits per heavy atom. The first-order valence-corrected chi connectivity index (χ1v) is 11.7. The summed E-state index contributed by atoms with van der Waals surface area (Å²) >= 11 is 0. The van der Waals surface area contributed by atoms with Crippen LogP contribution in [0.3, 0.4) is 0 Å². The number of carbonyl (C=O) groups excluding carboxylic acids is 2. The quantitative estimate of drug-likeness (QED) is 0.525. The van der Waals surface area contributed by atoms with Crippen LogP contribution in [-0.4, -0.2) is 32.2 Å². The second-order valence-corrected chi connectivity index (χ2v) is 9.13. The molecule has 0 saturated heterocycles. The van der Waals surface area contributed by atoms with Gasteiger partial charge in [-0.05, 0) is 43.3 Å². The molecule has 0 aromatic heterocycles. The molecule has 2 N–H and O–H groups in total. The molecule has 4 rings (SSSR count). The second kappa shape index (κ2) is 9.44. The van der Waals surface area contributed by atoms with Crippen molar-refractivity contribution in [1.29, 1.82) is 0 Å². The molecule has 1 aliphatic heterocycles. The number of halogens is 1. The number of fused-ring (bicyclic) bond motifs is 1. The Morgan fingerprint density at radius 1 is 0.971 bits per heavy atom. The summed E-state index contributed by atoms with van der Waals surface area (Å²) < 4.78 is 45.6. The van der Waals surface area contributed by atoms with E-state index in [2.05, 4.69) is 15.0 Å². The molecule has 1 aliphatic rings. The SMILES string of the molecule is C[C@@H](N=C1NS(=O)(=O)c2ccccc21)C(=O)O[C@H](C(=O)Nc1ccc(F)cc1)c1ccccc1. The number of nitrogens with zero attached hydrogens (tertiary/aromatic N) is 1. The third-order valence-electron chi connectivity index (χ3n) is 5.01. The number of anilines is 1. The Hall–Kier alpha value is -4.05. The minimum atomic E-state index is -3.77. The van der Waals surface area contributed by atoms with Crippen molar-refractivity contribution in [2.45, 2.75) is 24.0 Å². The molecule has 174 valence electrons. The minimum Gasteiger partial charge on any atom is -0.446 e. The van der Waals surface area contributed by atoms with E-state index in [0.29, 0.717) is 16.8 Å². The van der Waals surface area contributed by atoms with Gasteiger partial charge in [-0.15, -0.1) is 0 Å². The fraction of sp³-hybridized carbons (Fsp3) is 0.125. The molecule has 3 aromatic carbocycles. The molecule has 0 radical (unpaired) electrons. The smallest absolute Gasteiger partial charge is 0.331 e. The highest BCUT2D eigenvalue weighted by molar-refractivity contribution is 7.90. The molecular formula is C24H20FN3O5S. The van der Waals surface area contributed by atoms with Gasteiger partial charge < -0.3 is 10.1 Å². The van der Waals surface area contributed by atoms with Gasteiger partial charge in [0.2, 0.25) is 6.10 Å². The number of carbonyl (C=O) groups is 2. The van der Waals surface area contributed by atoms with Crippen LogP contribution in [0.5, 0.6) is 0 Å². The monoisotopic (exact) mass is 481 g/mol. The van der Waals surface area contributed by atoms with Gasteiger partial charge in [-0.3, -0.25) is 14.5 Å². The molecule has 0 spiro atoms. The van der Waals surface area contributed by atoms with E-state index in [0.717, 1.165) is 0 Å². The van der Waals surface area contributed by atoms with E-state index in [4.69, 9.17) is 4.74 Å². The van der Waals surface area contributed by atoms with Crippen molar-refractivity contribution in [2.24, 2.45) is 4.99 Å². The highest BCUT2D eigenvalue weighted by atomic mass is 32.2. The van der Waals surface area contributed by atoms with Crippen molar-refractivity contribution in [2.75, 3.05) is 5.32 Å². The predicted molar refractivity (Wildman–Crippen MR) is 123 cm³/mol. The molecular weight excluding hydrogens is 461 g/mol. The van der Waals surface area contributed by atoms with E-state index in [9.17, 15) is 22.4 Å². The molecule has 3 aromatic rings. The molecule has 2 atom stereocenters. The summed E-state index contributed by atoms with van der Waals surface area (Å²) in [6.07, 6.45) is -1.31. The van der Waals surface area contributed by atoms with E-state index >= 15 is 0 Å². The number of esters is 1. The van der Waals surface area contributed by atoms with E-state index in [1.807, 2.05) is 0 Å². The summed E-state index contributed by atoms with van der Waals surface area (Å²) in [7, 11) is -3.77. The van der Waals surface area contributed by atoms with Crippen LogP contribution in [0.4, 0.5) is 10.1 Å². The van der Waals surface area contributed by atoms with Crippen molar-refractivity contribution in [3.8, 4) is 0 Å². The van der Waals surface area contributed by atoms with Crippen LogP contribution in [-0.2, 0) is 24.3 Å². The summed E-state index contributed by atoms with van der Waals surface area (Å²) in [6.45, 7) is 1.44. The summed E-state index contributed by atoms with van der Waals surface area (Å²) in [5.41, 5.74) is 1.09. The molecule has 8 nitrogen and oxygen atoms in total. The van der Waals surface area contributed by atoms with Gasteiger partial charge in [-0.2, -0.15) is 0 Å². The van der Waals surface area contributed by atoms with Crippen LogP contribution in [0.15, 0.2) is 88.8 Å². The molecule has 0 unspecified atom stereocenters. The number of benzene rings is 3. The van der Waals surface area contributed by atoms with Crippen molar-refractivity contribution in [3.63, 3.8) is 0 Å². The number of rotatable bonds is 6. The highest BCUT2D eigenvalue weighted by Crippen LogP contribution is 2.24. The maximum Gasteiger partial charge on any atom is 0.331 e. The van der Waals surface area contributed by atoms with E-state index < -0.39 is 39.9 Å². The average molecular weight is 482 g/mol. The van der Waals surface area contributed by atoms with Crippen LogP contribution in [0.25, 0.3) is 0 Å². The minimum absolute atomic E-state index is 0.0204. The standard InChI is InChI=1S/C24H20FN3O5S/c1-15(26-22-19-9-5-6-10-20(19)34(31,32)28-22)24(30)33-21(16-7-3-2-4-8-16)23(29)27-18-13-11-17(25)12-14-18/h2-15,21H,1H3,(H,26,28)(H,27,29)/t15-,21+/m1/s1. The Kier molecular flexibility index (Phi) is 6.42. The number of amides is 1. The molecule has 34 heavy (non-hydrogen) atoms. The first kappa shape index (κ1) is 23.1. The maximum atomic E-state index is 13.2. The van der Waals surface area contributed by atoms with Gasteiger partial charge in [0.1, 0.15) is 17.7 Å². The van der Waals surface area contributed by atoms with Crippen LogP contribution >= 0.6 is 0 Å². The number of ether oxygens (including phenoxy) is 1. The van der Waals surface area contributed by atoms with Gasteiger partial charge in [-0.25, -0.2) is 17.6 Å². The van der Waals surface area contributed by atoms with Crippen molar-refractivity contribution >= 4 is 33.4 Å². The fourth-order valence-electron chi connectivity index (χ4n) is 3.33. The largest absolute Gasteiger partial charge is 0.446 e. The van der Waals surface area contributed by atoms with Gasteiger partial charge in [0.15, 0.2) is 0 Å². The zero-order valence-corrected chi connectivity index (χ0v) is 18.8. The number of nitrogens with one attached hydrogen (secondary N) is 2. The highest BCUT2D eigenvalue weighted by Gasteiger charge is 2.32. The van der Waals surface area contributed by atoms with Gasteiger partial charge in [0, 0.05) is 16.8 Å². The summed E-state index contributed by atoms with van der Waals surface area (Å²) in [5.74, 6) is -1.91. The lowest BCUT2D eigenvalue weighted by Crippen LogP contribution is -2.31. The Balaban J connectivity index is 1.55. The van der Waals surface area contributed by atoms with Crippen LogP contribution < -0.4 is 10.0 Å². The summed E-state index contributed by atoms with van der Waals surface area (Å²) in [6, 6.07) is 18.7. The van der Waals surface area contributed by atoms with Crippen molar-refractivity contribution in [3.05, 3.63) is 95.8 Å². The Morgan fingerprint density at radius 2 is 1.62 bits per heavy atom. The van der Waals surface area contributed by atoms with E-state index in [1.54, 1.807) is 48.5 Å². The number of hydrogen-bond donors (Lipinski definition) is 2. The lowest BCUT2D eigenvalue weighted by molar-refractivity contribution is -0.155. The number of hydrogen-bond acceptors (Lipinski definition) is 6. The van der Waals surface area contributed by atoms with E-state index in [1.165, 1.54) is 37.3 Å². The van der Waals surface area contributed by atoms with Crippen LogP contribution in [0.2, 0.25) is 0 Å². The second-order valence-electron chi connectivity index (χ2n) is 7.48. The number of aliphatic imine (C=N–C) groups is 1. The van der Waals surface area contributed by atoms with Gasteiger partial charge in [-0.1, -0.05) is 42.5 Å². The van der Waals surface area contributed by atoms with Gasteiger partial charge >= 0.3 is 5.97 Å². The molecule has 10 heteroatoms. The van der Waals surface area contributed by atoms with Gasteiger partial charge in [0.05, 0.1) is 4.90 Å². The summed E-state index contributed by atoms with van der Waals surface area (Å²) in [5, 5.41) is 2.60. The van der Waals surface area contributed by atoms with Crippen LogP contribution in [0, 0.1) is 5.82 Å². The topological polar surface area (TPSA) is 114 Å². The number of amidine groups is 1. The molecule has 1 amide bonds. The first-order valence-electron chi connectivity index (χ1n) is 10.3. The van der Waals surface area contributed by atoms with E-state index in [-0.39, 0.29) is 10.7 Å². The van der Waals surface area contributed by atoms with Gasteiger partial charge in [0.25, 0.3) is 15.9 Å². The Bertz CT molecular complexity index is 1360. The lowest BCUT2D eigenvalue weighted by Gasteiger charge is -2.19. The average Bonchev–Trinajstić information content (AvgIpc) is 3.09. The Labute approximate surface area is 195 Å². The molecule has 0 aliphatic carbocycles. The zero-order valence-electron chi connectivity index (χ0n) is 17.9. The predicted octanol–water partition coefficient (Wildman–Crippen LogP) is 3.18.